The fraction of sp³-hybridized carbons (Fsp3) is 0.417. The highest BCUT2D eigenvalue weighted by atomic mass is 16.5. The molecule has 16 heavy (non-hydrogen) atoms. The van der Waals surface area contributed by atoms with Gasteiger partial charge >= 0.3 is 5.97 Å². The second-order valence-electron chi connectivity index (χ2n) is 3.84. The molecule has 0 spiro atoms. The van der Waals surface area contributed by atoms with Crippen molar-refractivity contribution in [2.75, 3.05) is 20.0 Å². The molecule has 0 saturated carbocycles. The molecule has 0 aliphatic carbocycles. The normalized spacial score (nSPS) is 10.3. The van der Waals surface area contributed by atoms with Gasteiger partial charge in [0, 0.05) is 0 Å². The monoisotopic (exact) mass is 223 g/mol. The van der Waals surface area contributed by atoms with E-state index < -0.39 is 5.97 Å². The van der Waals surface area contributed by atoms with Crippen molar-refractivity contribution in [3.05, 3.63) is 23.3 Å². The zero-order chi connectivity index (χ0) is 12.3. The number of hydrogen-bond acceptors (Lipinski definition) is 4. The number of anilines is 1. The summed E-state index contributed by atoms with van der Waals surface area (Å²) in [5.74, 6) is 0.221. The zero-order valence-corrected chi connectivity index (χ0v) is 10.0. The first-order valence-corrected chi connectivity index (χ1v) is 5.07. The number of carbonyl (C=O) groups is 1. The largest absolute Gasteiger partial charge is 0.494 e. The molecule has 0 radical (unpaired) electrons. The van der Waals surface area contributed by atoms with E-state index >= 15 is 0 Å². The Morgan fingerprint density at radius 1 is 1.31 bits per heavy atom. The van der Waals surface area contributed by atoms with Crippen LogP contribution in [0.4, 0.5) is 5.69 Å². The molecular formula is C12H17NO3. The number of methoxy groups -OCH3 is 2. The van der Waals surface area contributed by atoms with Crippen LogP contribution in [-0.4, -0.2) is 20.2 Å². The number of carbonyl (C=O) groups excluding carboxylic acids is 1. The van der Waals surface area contributed by atoms with Crippen molar-refractivity contribution in [2.24, 2.45) is 0 Å². The molecule has 0 atom stereocenters. The molecule has 0 amide bonds. The predicted molar refractivity (Wildman–Crippen MR) is 62.8 cm³/mol. The fourth-order valence-corrected chi connectivity index (χ4v) is 1.50. The third-order valence-corrected chi connectivity index (χ3v) is 2.42. The lowest BCUT2D eigenvalue weighted by Gasteiger charge is -2.13. The molecule has 0 aliphatic heterocycles. The van der Waals surface area contributed by atoms with E-state index in [1.165, 1.54) is 14.2 Å². The second-order valence-corrected chi connectivity index (χ2v) is 3.84. The summed E-state index contributed by atoms with van der Waals surface area (Å²) in [5.41, 5.74) is 7.64. The van der Waals surface area contributed by atoms with Crippen LogP contribution in [0.3, 0.4) is 0 Å². The first-order chi connectivity index (χ1) is 7.51. The van der Waals surface area contributed by atoms with Crippen molar-refractivity contribution in [3.63, 3.8) is 0 Å². The Labute approximate surface area is 95.3 Å². The molecule has 2 N–H and O–H groups in total. The Hall–Kier alpha value is -1.71. The molecule has 0 saturated heterocycles. The number of nitrogens with two attached hydrogens (primary N) is 1. The number of hydrogen-bond donors (Lipinski definition) is 1. The predicted octanol–water partition coefficient (Wildman–Crippen LogP) is 2.19. The molecule has 0 aliphatic rings. The highest BCUT2D eigenvalue weighted by Gasteiger charge is 2.17. The maximum absolute atomic E-state index is 11.6. The molecule has 0 bridgehead atoms. The van der Waals surface area contributed by atoms with Gasteiger partial charge in [-0.1, -0.05) is 13.8 Å². The molecule has 0 unspecified atom stereocenters. The second kappa shape index (κ2) is 4.88. The highest BCUT2D eigenvalue weighted by molar-refractivity contribution is 5.95. The van der Waals surface area contributed by atoms with Gasteiger partial charge in [0.05, 0.1) is 19.9 Å². The Bertz CT molecular complexity index is 399. The minimum atomic E-state index is -0.439. The number of nitrogen functional groups attached to an aromatic ring is 1. The Morgan fingerprint density at radius 2 is 1.94 bits per heavy atom. The standard InChI is InChI=1S/C12H17NO3/c1-7(2)8-5-9(12(14)16-4)11(15-3)10(13)6-8/h5-7H,13H2,1-4H3. The molecule has 88 valence electrons. The van der Waals surface area contributed by atoms with Crippen LogP contribution < -0.4 is 10.5 Å². The molecule has 0 heterocycles. The van der Waals surface area contributed by atoms with Crippen LogP contribution in [0.25, 0.3) is 0 Å². The van der Waals surface area contributed by atoms with Crippen LogP contribution in [0.5, 0.6) is 5.75 Å². The van der Waals surface area contributed by atoms with Gasteiger partial charge in [0.25, 0.3) is 0 Å². The van der Waals surface area contributed by atoms with Gasteiger partial charge in [-0.25, -0.2) is 4.79 Å². The molecule has 4 nitrogen and oxygen atoms in total. The van der Waals surface area contributed by atoms with E-state index in [4.69, 9.17) is 15.2 Å². The fourth-order valence-electron chi connectivity index (χ4n) is 1.50. The van der Waals surface area contributed by atoms with E-state index in [-0.39, 0.29) is 5.92 Å². The van der Waals surface area contributed by atoms with Crippen molar-refractivity contribution in [2.45, 2.75) is 19.8 Å². The van der Waals surface area contributed by atoms with Crippen LogP contribution >= 0.6 is 0 Å². The van der Waals surface area contributed by atoms with Crippen molar-refractivity contribution in [1.82, 2.24) is 0 Å². The van der Waals surface area contributed by atoms with Gasteiger partial charge in [0.15, 0.2) is 5.75 Å². The van der Waals surface area contributed by atoms with Crippen LogP contribution in [0.15, 0.2) is 12.1 Å². The molecule has 1 rings (SSSR count). The van der Waals surface area contributed by atoms with Gasteiger partial charge in [0.1, 0.15) is 5.56 Å². The quantitative estimate of drug-likeness (QED) is 0.630. The number of esters is 1. The van der Waals surface area contributed by atoms with E-state index in [0.717, 1.165) is 5.56 Å². The SMILES string of the molecule is COC(=O)c1cc(C(C)C)cc(N)c1OC. The Morgan fingerprint density at radius 3 is 2.38 bits per heavy atom. The third kappa shape index (κ3) is 2.27. The maximum Gasteiger partial charge on any atom is 0.341 e. The highest BCUT2D eigenvalue weighted by Crippen LogP contribution is 2.31. The Balaban J connectivity index is 3.36. The zero-order valence-electron chi connectivity index (χ0n) is 10.0. The van der Waals surface area contributed by atoms with Gasteiger partial charge < -0.3 is 15.2 Å². The van der Waals surface area contributed by atoms with Crippen LogP contribution in [0, 0.1) is 0 Å². The molecule has 1 aromatic rings. The molecular weight excluding hydrogens is 206 g/mol. The van der Waals surface area contributed by atoms with Gasteiger partial charge in [-0.15, -0.1) is 0 Å². The third-order valence-electron chi connectivity index (χ3n) is 2.42. The lowest BCUT2D eigenvalue weighted by Crippen LogP contribution is -2.08. The molecule has 4 heteroatoms. The number of rotatable bonds is 3. The molecule has 0 aromatic heterocycles. The smallest absolute Gasteiger partial charge is 0.341 e. The minimum absolute atomic E-state index is 0.289. The summed E-state index contributed by atoms with van der Waals surface area (Å²) < 4.78 is 9.80. The van der Waals surface area contributed by atoms with Crippen LogP contribution in [0.2, 0.25) is 0 Å². The number of ether oxygens (including phenoxy) is 2. The first kappa shape index (κ1) is 12.4. The van der Waals surface area contributed by atoms with Gasteiger partial charge in [0.2, 0.25) is 0 Å². The summed E-state index contributed by atoms with van der Waals surface area (Å²) in [4.78, 5) is 11.6. The summed E-state index contributed by atoms with van der Waals surface area (Å²) in [5, 5.41) is 0. The van der Waals surface area contributed by atoms with Gasteiger partial charge in [-0.05, 0) is 23.6 Å². The van der Waals surface area contributed by atoms with Crippen molar-refractivity contribution in [3.8, 4) is 5.75 Å². The van der Waals surface area contributed by atoms with E-state index in [0.29, 0.717) is 17.0 Å². The lowest BCUT2D eigenvalue weighted by atomic mass is 9.99. The maximum atomic E-state index is 11.6. The topological polar surface area (TPSA) is 61.5 Å². The summed E-state index contributed by atoms with van der Waals surface area (Å²) in [6.07, 6.45) is 0. The van der Waals surface area contributed by atoms with Crippen LogP contribution in [0.1, 0.15) is 35.7 Å². The number of benzene rings is 1. The van der Waals surface area contributed by atoms with Crippen molar-refractivity contribution < 1.29 is 14.3 Å². The van der Waals surface area contributed by atoms with Gasteiger partial charge in [-0.2, -0.15) is 0 Å². The van der Waals surface area contributed by atoms with E-state index in [2.05, 4.69) is 0 Å². The summed E-state index contributed by atoms with van der Waals surface area (Å²) in [6.45, 7) is 4.06. The summed E-state index contributed by atoms with van der Waals surface area (Å²) in [7, 11) is 2.81. The van der Waals surface area contributed by atoms with E-state index in [1.807, 2.05) is 19.9 Å². The first-order valence-electron chi connectivity index (χ1n) is 5.07. The van der Waals surface area contributed by atoms with E-state index in [9.17, 15) is 4.79 Å². The average Bonchev–Trinajstić information content (AvgIpc) is 2.26. The molecule has 0 fully saturated rings. The summed E-state index contributed by atoms with van der Waals surface area (Å²) in [6, 6.07) is 3.57. The lowest BCUT2D eigenvalue weighted by molar-refractivity contribution is 0.0597. The Kier molecular flexibility index (Phi) is 3.77. The minimum Gasteiger partial charge on any atom is -0.494 e. The molecule has 1 aromatic carbocycles. The summed E-state index contributed by atoms with van der Waals surface area (Å²) >= 11 is 0. The van der Waals surface area contributed by atoms with Crippen LogP contribution in [-0.2, 0) is 4.74 Å². The van der Waals surface area contributed by atoms with Gasteiger partial charge in [-0.3, -0.25) is 0 Å². The van der Waals surface area contributed by atoms with Crippen molar-refractivity contribution in [1.29, 1.82) is 0 Å². The van der Waals surface area contributed by atoms with E-state index in [1.54, 1.807) is 6.07 Å². The van der Waals surface area contributed by atoms with Crippen molar-refractivity contribution >= 4 is 11.7 Å². The average molecular weight is 223 g/mol.